The van der Waals surface area contributed by atoms with Gasteiger partial charge in [-0.25, -0.2) is 8.78 Å². The molecule has 0 fully saturated rings. The maximum atomic E-state index is 13.4. The predicted molar refractivity (Wildman–Crippen MR) is 80.3 cm³/mol. The van der Waals surface area contributed by atoms with Crippen molar-refractivity contribution >= 4 is 23.2 Å². The molecule has 21 heavy (non-hydrogen) atoms. The highest BCUT2D eigenvalue weighted by molar-refractivity contribution is 6.34. The summed E-state index contributed by atoms with van der Waals surface area (Å²) >= 11 is 12.3. The van der Waals surface area contributed by atoms with Gasteiger partial charge in [0, 0.05) is 11.1 Å². The van der Waals surface area contributed by atoms with E-state index in [2.05, 4.69) is 5.32 Å². The summed E-state index contributed by atoms with van der Waals surface area (Å²) in [7, 11) is 3.18. The van der Waals surface area contributed by atoms with Gasteiger partial charge in [-0.15, -0.1) is 0 Å². The lowest BCUT2D eigenvalue weighted by molar-refractivity contribution is 0.415. The molecule has 0 spiro atoms. The smallest absolute Gasteiger partial charge is 0.159 e. The van der Waals surface area contributed by atoms with E-state index in [0.29, 0.717) is 26.9 Å². The first-order valence-corrected chi connectivity index (χ1v) is 6.88. The fourth-order valence-electron chi connectivity index (χ4n) is 2.12. The molecule has 0 aliphatic carbocycles. The Balaban J connectivity index is 2.50. The molecular formula is C15H13Cl2F2NO. The Kier molecular flexibility index (Phi) is 5.04. The minimum absolute atomic E-state index is 0.389. The van der Waals surface area contributed by atoms with Crippen molar-refractivity contribution in [3.8, 4) is 5.75 Å². The SMILES string of the molecule is CNC(c1ccc(F)c(F)c1)c1cc(Cl)c(OC)cc1Cl. The molecule has 1 atom stereocenters. The molecule has 0 aliphatic rings. The van der Waals surface area contributed by atoms with Crippen molar-refractivity contribution in [3.63, 3.8) is 0 Å². The van der Waals surface area contributed by atoms with Crippen LogP contribution in [0.4, 0.5) is 8.78 Å². The third kappa shape index (κ3) is 3.28. The van der Waals surface area contributed by atoms with E-state index in [1.165, 1.54) is 13.2 Å². The van der Waals surface area contributed by atoms with Crippen LogP contribution in [0.3, 0.4) is 0 Å². The van der Waals surface area contributed by atoms with E-state index < -0.39 is 17.7 Å². The van der Waals surface area contributed by atoms with Gasteiger partial charge in [0.1, 0.15) is 5.75 Å². The van der Waals surface area contributed by atoms with Crippen LogP contribution in [0.5, 0.6) is 5.75 Å². The van der Waals surface area contributed by atoms with Crippen LogP contribution in [0.25, 0.3) is 0 Å². The summed E-state index contributed by atoms with van der Waals surface area (Å²) < 4.78 is 31.5. The topological polar surface area (TPSA) is 21.3 Å². The van der Waals surface area contributed by atoms with E-state index in [1.54, 1.807) is 19.2 Å². The number of ether oxygens (including phenoxy) is 1. The summed E-state index contributed by atoms with van der Waals surface area (Å²) in [4.78, 5) is 0. The number of rotatable bonds is 4. The number of halogens is 4. The lowest BCUT2D eigenvalue weighted by atomic mass is 9.98. The molecular weight excluding hydrogens is 319 g/mol. The van der Waals surface area contributed by atoms with Crippen LogP contribution in [-0.4, -0.2) is 14.2 Å². The molecule has 0 aliphatic heterocycles. The average molecular weight is 332 g/mol. The Morgan fingerprint density at radius 3 is 2.33 bits per heavy atom. The molecule has 0 saturated heterocycles. The van der Waals surface area contributed by atoms with E-state index in [4.69, 9.17) is 27.9 Å². The van der Waals surface area contributed by atoms with Crippen molar-refractivity contribution < 1.29 is 13.5 Å². The van der Waals surface area contributed by atoms with Gasteiger partial charge in [0.25, 0.3) is 0 Å². The zero-order chi connectivity index (χ0) is 15.6. The van der Waals surface area contributed by atoms with Crippen molar-refractivity contribution in [3.05, 3.63) is 63.1 Å². The molecule has 1 N–H and O–H groups in total. The first kappa shape index (κ1) is 16.0. The second-order valence-corrected chi connectivity index (χ2v) is 5.22. The summed E-state index contributed by atoms with van der Waals surface area (Å²) in [6.45, 7) is 0. The number of benzene rings is 2. The van der Waals surface area contributed by atoms with Crippen molar-refractivity contribution in [1.82, 2.24) is 5.32 Å². The largest absolute Gasteiger partial charge is 0.495 e. The second kappa shape index (κ2) is 6.60. The lowest BCUT2D eigenvalue weighted by Crippen LogP contribution is -2.18. The quantitative estimate of drug-likeness (QED) is 0.884. The summed E-state index contributed by atoms with van der Waals surface area (Å²) in [5.74, 6) is -1.36. The second-order valence-electron chi connectivity index (χ2n) is 4.40. The molecule has 0 bridgehead atoms. The average Bonchev–Trinajstić information content (AvgIpc) is 2.46. The number of methoxy groups -OCH3 is 1. The minimum atomic E-state index is -0.913. The van der Waals surface area contributed by atoms with Crippen molar-refractivity contribution in [2.45, 2.75) is 6.04 Å². The van der Waals surface area contributed by atoms with Gasteiger partial charge in [-0.2, -0.15) is 0 Å². The van der Waals surface area contributed by atoms with E-state index in [9.17, 15) is 8.78 Å². The predicted octanol–water partition coefficient (Wildman–Crippen LogP) is 4.59. The van der Waals surface area contributed by atoms with Gasteiger partial charge in [0.2, 0.25) is 0 Å². The van der Waals surface area contributed by atoms with Crippen LogP contribution in [0.2, 0.25) is 10.0 Å². The van der Waals surface area contributed by atoms with Crippen LogP contribution in [0, 0.1) is 11.6 Å². The summed E-state index contributed by atoms with van der Waals surface area (Å²) in [5, 5.41) is 3.82. The minimum Gasteiger partial charge on any atom is -0.495 e. The van der Waals surface area contributed by atoms with E-state index >= 15 is 0 Å². The Morgan fingerprint density at radius 2 is 1.76 bits per heavy atom. The third-order valence-corrected chi connectivity index (χ3v) is 3.77. The van der Waals surface area contributed by atoms with Crippen LogP contribution in [0.1, 0.15) is 17.2 Å². The molecule has 2 aromatic rings. The molecule has 0 amide bonds. The molecule has 0 aromatic heterocycles. The summed E-state index contributed by atoms with van der Waals surface area (Å²) in [5.41, 5.74) is 1.19. The number of nitrogens with one attached hydrogen (secondary N) is 1. The van der Waals surface area contributed by atoms with Crippen molar-refractivity contribution in [1.29, 1.82) is 0 Å². The normalized spacial score (nSPS) is 12.3. The van der Waals surface area contributed by atoms with Crippen LogP contribution in [0.15, 0.2) is 30.3 Å². The molecule has 0 radical (unpaired) electrons. The molecule has 0 heterocycles. The fraction of sp³-hybridized carbons (Fsp3) is 0.200. The maximum absolute atomic E-state index is 13.4. The Morgan fingerprint density at radius 1 is 1.05 bits per heavy atom. The van der Waals surface area contributed by atoms with Crippen LogP contribution >= 0.6 is 23.2 Å². The Bertz CT molecular complexity index is 664. The van der Waals surface area contributed by atoms with Gasteiger partial charge in [0.05, 0.1) is 18.2 Å². The zero-order valence-electron chi connectivity index (χ0n) is 11.4. The Hall–Kier alpha value is -1.36. The highest BCUT2D eigenvalue weighted by Gasteiger charge is 2.19. The summed E-state index contributed by atoms with van der Waals surface area (Å²) in [6, 6.07) is 6.51. The standard InChI is InChI=1S/C15H13Cl2F2NO/c1-20-15(8-3-4-12(18)13(19)5-8)9-6-11(17)14(21-2)7-10(9)16/h3-7,15,20H,1-2H3. The lowest BCUT2D eigenvalue weighted by Gasteiger charge is -2.20. The van der Waals surface area contributed by atoms with Crippen molar-refractivity contribution in [2.24, 2.45) is 0 Å². The first-order valence-electron chi connectivity index (χ1n) is 6.13. The van der Waals surface area contributed by atoms with Gasteiger partial charge in [-0.3, -0.25) is 0 Å². The van der Waals surface area contributed by atoms with E-state index in [0.717, 1.165) is 12.1 Å². The van der Waals surface area contributed by atoms with Crippen LogP contribution < -0.4 is 10.1 Å². The molecule has 0 saturated carbocycles. The first-order chi connectivity index (χ1) is 9.97. The highest BCUT2D eigenvalue weighted by Crippen LogP contribution is 2.36. The van der Waals surface area contributed by atoms with Crippen molar-refractivity contribution in [2.75, 3.05) is 14.2 Å². The van der Waals surface area contributed by atoms with E-state index in [-0.39, 0.29) is 0 Å². The molecule has 6 heteroatoms. The Labute approximate surface area is 131 Å². The zero-order valence-corrected chi connectivity index (χ0v) is 12.9. The highest BCUT2D eigenvalue weighted by atomic mass is 35.5. The molecule has 1 unspecified atom stereocenters. The monoisotopic (exact) mass is 331 g/mol. The van der Waals surface area contributed by atoms with Crippen LogP contribution in [-0.2, 0) is 0 Å². The van der Waals surface area contributed by atoms with Gasteiger partial charge in [-0.05, 0) is 36.4 Å². The van der Waals surface area contributed by atoms with E-state index in [1.807, 2.05) is 0 Å². The third-order valence-electron chi connectivity index (χ3n) is 3.15. The number of hydrogen-bond acceptors (Lipinski definition) is 2. The van der Waals surface area contributed by atoms with Gasteiger partial charge in [-0.1, -0.05) is 29.3 Å². The molecule has 112 valence electrons. The van der Waals surface area contributed by atoms with Gasteiger partial charge >= 0.3 is 0 Å². The van der Waals surface area contributed by atoms with Gasteiger partial charge < -0.3 is 10.1 Å². The maximum Gasteiger partial charge on any atom is 0.159 e. The molecule has 2 rings (SSSR count). The molecule has 2 aromatic carbocycles. The fourth-order valence-corrected chi connectivity index (χ4v) is 2.63. The van der Waals surface area contributed by atoms with Gasteiger partial charge in [0.15, 0.2) is 11.6 Å². The summed E-state index contributed by atoms with van der Waals surface area (Å²) in [6.07, 6.45) is 0. The molecule has 2 nitrogen and oxygen atoms in total. The number of hydrogen-bond donors (Lipinski definition) is 1.